The number of anilines is 1. The Morgan fingerprint density at radius 1 is 0.491 bits per heavy atom. The fourth-order valence-corrected chi connectivity index (χ4v) is 18.0. The first kappa shape index (κ1) is 83.6. The highest BCUT2D eigenvalue weighted by Gasteiger charge is 2.49. The molecule has 106 heavy (non-hydrogen) atoms. The van der Waals surface area contributed by atoms with Gasteiger partial charge in [-0.15, -0.1) is 0 Å². The predicted octanol–water partition coefficient (Wildman–Crippen LogP) is -0.704. The second-order valence-corrected chi connectivity index (χ2v) is 36.8. The van der Waals surface area contributed by atoms with E-state index in [1.807, 2.05) is 0 Å². The van der Waals surface area contributed by atoms with E-state index in [-0.39, 0.29) is 47.5 Å². The second-order valence-electron chi connectivity index (χ2n) is 25.7. The fourth-order valence-electron chi connectivity index (χ4n) is 12.0. The number of aliphatic hydroxyl groups is 1. The highest BCUT2D eigenvalue weighted by atomic mass is 32.5. The van der Waals surface area contributed by atoms with Crippen LogP contribution in [0.4, 0.5) is 5.82 Å². The van der Waals surface area contributed by atoms with Crippen molar-refractivity contribution in [3.8, 4) is 0 Å². The zero-order valence-corrected chi connectivity index (χ0v) is 64.8. The van der Waals surface area contributed by atoms with Gasteiger partial charge in [-0.05, 0) is 109 Å². The van der Waals surface area contributed by atoms with Crippen LogP contribution in [0, 0.1) is 34.6 Å². The maximum absolute atomic E-state index is 13.5. The molecule has 5 aliphatic rings. The second kappa shape index (κ2) is 34.4. The number of rotatable bonds is 32. The number of nitrogen functional groups attached to an aromatic ring is 1. The van der Waals surface area contributed by atoms with Crippen molar-refractivity contribution in [2.45, 2.75) is 192 Å². The molecule has 0 aliphatic carbocycles. The van der Waals surface area contributed by atoms with Gasteiger partial charge in [-0.25, -0.2) is 24.0 Å². The molecule has 11 N–H and O–H groups in total. The summed E-state index contributed by atoms with van der Waals surface area (Å²) in [6.07, 6.45) is -14.9. The lowest BCUT2D eigenvalue weighted by Crippen LogP contribution is -2.42. The number of ether oxygens (including phenoxy) is 8. The van der Waals surface area contributed by atoms with E-state index in [0.717, 1.165) is 18.3 Å². The summed E-state index contributed by atoms with van der Waals surface area (Å²) in [6.45, 7) is -7.08. The van der Waals surface area contributed by atoms with Crippen molar-refractivity contribution in [1.29, 1.82) is 0 Å². The first-order valence-electron chi connectivity index (χ1n) is 32.7. The van der Waals surface area contributed by atoms with Crippen molar-refractivity contribution in [3.63, 3.8) is 0 Å². The number of nitrogens with one attached hydrogen (secondary N) is 4. The van der Waals surface area contributed by atoms with Gasteiger partial charge in [0.1, 0.15) is 61.0 Å². The van der Waals surface area contributed by atoms with Crippen molar-refractivity contribution in [1.82, 2.24) is 47.8 Å². The number of aliphatic hydroxyl groups excluding tert-OH is 1. The molecule has 5 saturated heterocycles. The summed E-state index contributed by atoms with van der Waals surface area (Å²) in [4.78, 5) is 174. The lowest BCUT2D eigenvalue weighted by molar-refractivity contribution is -0.111. The fraction of sp³-hybridized carbons (Fsp3) is 0.649. The van der Waals surface area contributed by atoms with Crippen molar-refractivity contribution in [3.05, 3.63) is 153 Å². The lowest BCUT2D eigenvalue weighted by Gasteiger charge is -2.31. The summed E-state index contributed by atoms with van der Waals surface area (Å²) in [7, 11) is 0. The average Bonchev–Trinajstić information content (AvgIpc) is 1.60. The summed E-state index contributed by atoms with van der Waals surface area (Å²) in [5.74, 6) is -0.0925. The summed E-state index contributed by atoms with van der Waals surface area (Å²) >= 11 is 21.9. The first-order valence-corrected chi connectivity index (χ1v) is 43.1. The molecule has 0 spiro atoms. The smallest absolute Gasteiger partial charge is 0.351 e. The Bertz CT molecular complexity index is 4820. The van der Waals surface area contributed by atoms with Crippen LogP contribution in [0.3, 0.4) is 0 Å². The number of nitrogens with zero attached hydrogens (tertiary/aromatic N) is 6. The van der Waals surface area contributed by atoms with Crippen LogP contribution in [0.2, 0.25) is 0 Å². The highest BCUT2D eigenvalue weighted by molar-refractivity contribution is 8.08. The summed E-state index contributed by atoms with van der Waals surface area (Å²) in [5.41, 5.74) is 0.185. The van der Waals surface area contributed by atoms with Crippen molar-refractivity contribution < 1.29 is 98.8 Å². The molecule has 0 radical (unpaired) electrons. The van der Waals surface area contributed by atoms with Gasteiger partial charge in [-0.1, -0.05) is 6.92 Å². The average molecular weight is 1650 g/mol. The molecule has 0 saturated carbocycles. The van der Waals surface area contributed by atoms with E-state index in [9.17, 15) is 67.8 Å². The molecule has 0 bridgehead atoms. The van der Waals surface area contributed by atoms with Crippen LogP contribution in [0.5, 0.6) is 0 Å². The van der Waals surface area contributed by atoms with E-state index in [1.165, 1.54) is 84.0 Å². The van der Waals surface area contributed by atoms with Gasteiger partial charge in [0.15, 0.2) is 18.7 Å². The van der Waals surface area contributed by atoms with Crippen molar-refractivity contribution in [2.24, 2.45) is 0 Å². The van der Waals surface area contributed by atoms with E-state index >= 15 is 0 Å². The van der Waals surface area contributed by atoms with Gasteiger partial charge in [0, 0.05) is 71.6 Å². The number of nitrogens with two attached hydrogens (primary N) is 1. The highest BCUT2D eigenvalue weighted by Crippen LogP contribution is 2.54. The zero-order chi connectivity index (χ0) is 77.4. The number of aryl methyl sites for hydroxylation is 5. The SMILES string of the molecule is CC[C@H]1O[C@@H](n2cc(C)c(=O)[nH]c2=O)CC1OP(O)(=S)OC[C@H]1O[C@@H](n2cc(C)c(=O)[nH]c2=O)CC1OP(O)(=S)OC[C@H](C)O[C@H]1C(OP(O)(=S)OC[C@H](C)O[C@H]2C(OP(O)(=S)OC[C@H](C)O[C@H]3C(O)CO[C@H]3n3cc(C)c(=O)[nH]c3=O)CO[C@H]2n2cc(C)c(=O)[nH]c2=O)CO[C@H]1n1cc(C)c(N)nc1=O. The van der Waals surface area contributed by atoms with E-state index in [1.54, 1.807) is 13.8 Å². The standard InChI is InChI=1S/C57H81N11O30P4S4/c1-10-34-35(11-40(93-34)64-14-26(3)46(70)60-54(64)75)95-102(82,106)89-24-37-36(12-41(94-37)65-15-27(4)47(71)61-55(65)76)96-99(79,103)86-19-31(8)91-43-38(22-84-51(43)66-13-25(2)45(58)59-53(66)74)97-101(81,105)88-20-32(9)92-44-39(23-85-52(44)68-17-29(6)49(73)63-57(68)78)98-100(80,104)87-18-30(7)90-42-33(69)21-83-50(42)67-16-28(5)48(72)62-56(67)77/h13-17,30-44,50-52,69H,10-12,18-24H2,1-9H3,(H,79,103)(H,80,104)(H,81,105)(H,82,106)(H2,58,59,74)(H,60,70,75)(H,61,71,76)(H,62,72,77)(H,63,73,78)/t30-,31-,32-,33?,34+,35?,36?,37+,38?,39?,40+,41+,42-,43-,44-,50+,51+,52+,99?,100?,101?,102?/m0/s1. The quantitative estimate of drug-likeness (QED) is 0.0238. The maximum Gasteiger partial charge on any atom is 0.351 e. The molecular formula is C57H81N11O30P4S4. The van der Waals surface area contributed by atoms with Crippen LogP contribution in [0.15, 0.2) is 74.1 Å². The number of hydrogen-bond donors (Lipinski definition) is 10. The molecule has 5 aliphatic heterocycles. The van der Waals surface area contributed by atoms with Crippen LogP contribution < -0.4 is 56.4 Å². The van der Waals surface area contributed by atoms with Gasteiger partial charge in [-0.3, -0.25) is 61.9 Å². The maximum atomic E-state index is 13.5. The van der Waals surface area contributed by atoms with Crippen LogP contribution in [0.1, 0.15) is 106 Å². The minimum atomic E-state index is -4.46. The third-order valence-electron chi connectivity index (χ3n) is 17.3. The Morgan fingerprint density at radius 2 is 0.821 bits per heavy atom. The van der Waals surface area contributed by atoms with Crippen molar-refractivity contribution >= 4 is 79.9 Å². The Hall–Kier alpha value is -4.84. The number of H-pyrrole nitrogens is 4. The molecular weight excluding hydrogens is 1570 g/mol. The molecule has 41 nitrogen and oxygen atoms in total. The topological polar surface area (TPSA) is 529 Å². The molecule has 10 heterocycles. The third kappa shape index (κ3) is 20.4. The van der Waals surface area contributed by atoms with Gasteiger partial charge in [0.2, 0.25) is 0 Å². The van der Waals surface area contributed by atoms with Crippen LogP contribution in [-0.4, -0.2) is 198 Å². The number of aromatic amines is 4. The summed E-state index contributed by atoms with van der Waals surface area (Å²) in [6, 6.07) is 0. The minimum Gasteiger partial charge on any atom is -0.388 e. The summed E-state index contributed by atoms with van der Waals surface area (Å²) < 4.78 is 101. The molecule has 9 unspecified atom stereocenters. The Kier molecular flexibility index (Phi) is 27.2. The largest absolute Gasteiger partial charge is 0.388 e. The Morgan fingerprint density at radius 3 is 1.25 bits per heavy atom. The van der Waals surface area contributed by atoms with Crippen molar-refractivity contribution in [2.75, 3.05) is 52.0 Å². The van der Waals surface area contributed by atoms with Gasteiger partial charge in [0.05, 0.1) is 82.9 Å². The monoisotopic (exact) mass is 1650 g/mol. The number of aromatic nitrogens is 10. The molecule has 5 aromatic rings. The molecule has 588 valence electrons. The van der Waals surface area contributed by atoms with Gasteiger partial charge in [-0.2, -0.15) is 4.98 Å². The molecule has 5 aromatic heterocycles. The Labute approximate surface area is 619 Å². The summed E-state index contributed by atoms with van der Waals surface area (Å²) in [5, 5.41) is 10.8. The third-order valence-corrected chi connectivity index (χ3v) is 23.6. The number of hydrogen-bond acceptors (Lipinski definition) is 32. The van der Waals surface area contributed by atoms with E-state index in [2.05, 4.69) is 24.9 Å². The van der Waals surface area contributed by atoms with E-state index in [0.29, 0.717) is 12.0 Å². The molecule has 5 fully saturated rings. The normalized spacial score (nSPS) is 29.3. The van der Waals surface area contributed by atoms with Gasteiger partial charge < -0.3 is 104 Å². The predicted molar refractivity (Wildman–Crippen MR) is 383 cm³/mol. The minimum absolute atomic E-state index is 0.00318. The Balaban J connectivity index is 0.793. The van der Waals surface area contributed by atoms with Crippen LogP contribution >= 0.6 is 26.9 Å². The van der Waals surface area contributed by atoms with Crippen LogP contribution in [0.25, 0.3) is 0 Å². The first-order chi connectivity index (χ1) is 49.7. The van der Waals surface area contributed by atoms with Gasteiger partial charge in [0.25, 0.3) is 22.2 Å². The molecule has 49 heteroatoms. The molecule has 22 atom stereocenters. The van der Waals surface area contributed by atoms with E-state index < -0.39 is 228 Å². The molecule has 0 amide bonds. The lowest BCUT2D eigenvalue weighted by atomic mass is 10.1. The zero-order valence-electron chi connectivity index (χ0n) is 58.0. The molecule has 0 aromatic carbocycles. The molecule has 10 rings (SSSR count). The van der Waals surface area contributed by atoms with Crippen LogP contribution in [-0.2, 0) is 121 Å². The van der Waals surface area contributed by atoms with Gasteiger partial charge >= 0.3 is 55.3 Å². The van der Waals surface area contributed by atoms with E-state index in [4.69, 9.17) is 127 Å².